The van der Waals surface area contributed by atoms with Crippen LogP contribution in [0.3, 0.4) is 0 Å². The number of hydrogen-bond acceptors (Lipinski definition) is 3. The molecule has 6 heteroatoms. The molecule has 1 fully saturated rings. The van der Waals surface area contributed by atoms with Crippen molar-refractivity contribution >= 4 is 21.6 Å². The fourth-order valence-corrected chi connectivity index (χ4v) is 5.13. The Labute approximate surface area is 177 Å². The Bertz CT molecular complexity index is 1100. The number of carbonyl (C=O) groups excluding carboxylic acids is 1. The van der Waals surface area contributed by atoms with Crippen LogP contribution in [-0.2, 0) is 10.0 Å². The van der Waals surface area contributed by atoms with Crippen molar-refractivity contribution in [3.05, 3.63) is 84.4 Å². The Hall–Kier alpha value is -2.96. The van der Waals surface area contributed by atoms with E-state index in [0.717, 1.165) is 30.4 Å². The van der Waals surface area contributed by atoms with E-state index in [1.165, 1.54) is 0 Å². The average Bonchev–Trinajstić information content (AvgIpc) is 2.81. The molecule has 3 aromatic rings. The van der Waals surface area contributed by atoms with Crippen molar-refractivity contribution in [1.29, 1.82) is 0 Å². The van der Waals surface area contributed by atoms with Gasteiger partial charge in [0.1, 0.15) is 0 Å². The molecular formula is C24H24N2O3S. The number of amides is 1. The number of rotatable bonds is 5. The fourth-order valence-electron chi connectivity index (χ4n) is 3.61. The van der Waals surface area contributed by atoms with Gasteiger partial charge in [-0.1, -0.05) is 48.9 Å². The zero-order valence-electron chi connectivity index (χ0n) is 16.6. The van der Waals surface area contributed by atoms with Gasteiger partial charge < -0.3 is 5.32 Å². The minimum absolute atomic E-state index is 0.235. The first kappa shape index (κ1) is 20.3. The van der Waals surface area contributed by atoms with Gasteiger partial charge in [-0.05, 0) is 60.4 Å². The van der Waals surface area contributed by atoms with Crippen LogP contribution in [0.1, 0.15) is 29.6 Å². The van der Waals surface area contributed by atoms with Crippen LogP contribution in [0.2, 0.25) is 0 Å². The number of sulfonamides is 1. The summed E-state index contributed by atoms with van der Waals surface area (Å²) in [6, 6.07) is 23.7. The highest BCUT2D eigenvalue weighted by molar-refractivity contribution is 7.89. The molecule has 0 aliphatic carbocycles. The molecule has 1 saturated heterocycles. The molecular weight excluding hydrogens is 396 g/mol. The lowest BCUT2D eigenvalue weighted by Crippen LogP contribution is -2.35. The van der Waals surface area contributed by atoms with Gasteiger partial charge >= 0.3 is 0 Å². The molecule has 1 aliphatic rings. The van der Waals surface area contributed by atoms with E-state index in [4.69, 9.17) is 0 Å². The smallest absolute Gasteiger partial charge is 0.255 e. The average molecular weight is 421 g/mol. The zero-order valence-corrected chi connectivity index (χ0v) is 17.4. The third-order valence-corrected chi connectivity index (χ3v) is 7.23. The molecule has 4 rings (SSSR count). The lowest BCUT2D eigenvalue weighted by atomic mass is 10.0. The highest BCUT2D eigenvalue weighted by Gasteiger charge is 2.25. The van der Waals surface area contributed by atoms with Crippen LogP contribution >= 0.6 is 0 Å². The van der Waals surface area contributed by atoms with Gasteiger partial charge in [-0.2, -0.15) is 4.31 Å². The minimum Gasteiger partial charge on any atom is -0.322 e. The summed E-state index contributed by atoms with van der Waals surface area (Å²) in [4.78, 5) is 12.8. The summed E-state index contributed by atoms with van der Waals surface area (Å²) in [5.41, 5.74) is 3.24. The van der Waals surface area contributed by atoms with Gasteiger partial charge in [0, 0.05) is 24.3 Å². The van der Waals surface area contributed by atoms with Crippen molar-refractivity contribution in [2.24, 2.45) is 0 Å². The van der Waals surface area contributed by atoms with Crippen molar-refractivity contribution in [3.63, 3.8) is 0 Å². The third-order valence-electron chi connectivity index (χ3n) is 5.32. The molecule has 0 unspecified atom stereocenters. The third kappa shape index (κ3) is 4.45. The van der Waals surface area contributed by atoms with Crippen LogP contribution in [-0.4, -0.2) is 31.7 Å². The first-order valence-corrected chi connectivity index (χ1v) is 11.6. The van der Waals surface area contributed by atoms with Crippen LogP contribution in [0.15, 0.2) is 83.8 Å². The van der Waals surface area contributed by atoms with Gasteiger partial charge in [-0.3, -0.25) is 4.79 Å². The predicted octanol–water partition coefficient (Wildman–Crippen LogP) is 4.78. The molecule has 1 aliphatic heterocycles. The predicted molar refractivity (Wildman–Crippen MR) is 119 cm³/mol. The Kier molecular flexibility index (Phi) is 5.97. The maximum absolute atomic E-state index is 12.7. The summed E-state index contributed by atoms with van der Waals surface area (Å²) in [6.45, 7) is 1.14. The number of nitrogens with zero attached hydrogens (tertiary/aromatic N) is 1. The summed E-state index contributed by atoms with van der Waals surface area (Å²) in [7, 11) is -3.47. The molecule has 0 spiro atoms. The van der Waals surface area contributed by atoms with E-state index in [2.05, 4.69) is 5.32 Å². The van der Waals surface area contributed by atoms with Crippen molar-refractivity contribution in [2.75, 3.05) is 18.4 Å². The molecule has 30 heavy (non-hydrogen) atoms. The number of nitrogens with one attached hydrogen (secondary N) is 1. The minimum atomic E-state index is -3.47. The Morgan fingerprint density at radius 2 is 1.33 bits per heavy atom. The fraction of sp³-hybridized carbons (Fsp3) is 0.208. The van der Waals surface area contributed by atoms with E-state index >= 15 is 0 Å². The number of anilines is 1. The van der Waals surface area contributed by atoms with Crippen LogP contribution < -0.4 is 5.32 Å². The van der Waals surface area contributed by atoms with E-state index in [1.54, 1.807) is 40.7 Å². The van der Waals surface area contributed by atoms with E-state index < -0.39 is 10.0 Å². The molecule has 0 atom stereocenters. The summed E-state index contributed by atoms with van der Waals surface area (Å²) < 4.78 is 27.0. The number of carbonyl (C=O) groups is 1. The van der Waals surface area contributed by atoms with Gasteiger partial charge in [0.15, 0.2) is 0 Å². The quantitative estimate of drug-likeness (QED) is 0.646. The summed E-state index contributed by atoms with van der Waals surface area (Å²) in [6.07, 6.45) is 2.87. The Balaban J connectivity index is 1.43. The summed E-state index contributed by atoms with van der Waals surface area (Å²) >= 11 is 0. The van der Waals surface area contributed by atoms with Gasteiger partial charge in [-0.25, -0.2) is 8.42 Å². The van der Waals surface area contributed by atoms with Gasteiger partial charge in [0.2, 0.25) is 10.0 Å². The maximum Gasteiger partial charge on any atom is 0.255 e. The molecule has 5 nitrogen and oxygen atoms in total. The van der Waals surface area contributed by atoms with Crippen LogP contribution in [0.5, 0.6) is 0 Å². The molecule has 154 valence electrons. The zero-order chi connectivity index (χ0) is 21.0. The lowest BCUT2D eigenvalue weighted by Gasteiger charge is -2.25. The topological polar surface area (TPSA) is 66.5 Å². The normalized spacial score (nSPS) is 14.9. The van der Waals surface area contributed by atoms with Crippen molar-refractivity contribution < 1.29 is 13.2 Å². The lowest BCUT2D eigenvalue weighted by molar-refractivity contribution is 0.102. The molecule has 0 radical (unpaired) electrons. The second-order valence-corrected chi connectivity index (χ2v) is 9.32. The summed E-state index contributed by atoms with van der Waals surface area (Å²) in [5.74, 6) is -0.235. The SMILES string of the molecule is O=C(Nc1ccc(S(=O)(=O)N2CCCCC2)cc1)c1ccc(-c2ccccc2)cc1. The Morgan fingerprint density at radius 1 is 0.733 bits per heavy atom. The van der Waals surface area contributed by atoms with Crippen LogP contribution in [0, 0.1) is 0 Å². The molecule has 0 bridgehead atoms. The number of benzene rings is 3. The second-order valence-electron chi connectivity index (χ2n) is 7.39. The van der Waals surface area contributed by atoms with Gasteiger partial charge in [0.25, 0.3) is 5.91 Å². The molecule has 1 N–H and O–H groups in total. The highest BCUT2D eigenvalue weighted by atomic mass is 32.2. The molecule has 1 amide bonds. The van der Waals surface area contributed by atoms with E-state index in [-0.39, 0.29) is 10.8 Å². The Morgan fingerprint density at radius 3 is 1.97 bits per heavy atom. The first-order valence-electron chi connectivity index (χ1n) is 10.1. The number of hydrogen-bond donors (Lipinski definition) is 1. The molecule has 3 aromatic carbocycles. The highest BCUT2D eigenvalue weighted by Crippen LogP contribution is 2.23. The van der Waals surface area contributed by atoms with Crippen molar-refractivity contribution in [3.8, 4) is 11.1 Å². The maximum atomic E-state index is 12.7. The molecule has 1 heterocycles. The number of piperidine rings is 1. The van der Waals surface area contributed by atoms with E-state index in [9.17, 15) is 13.2 Å². The summed E-state index contributed by atoms with van der Waals surface area (Å²) in [5, 5.41) is 2.83. The van der Waals surface area contributed by atoms with Crippen molar-refractivity contribution in [2.45, 2.75) is 24.2 Å². The largest absolute Gasteiger partial charge is 0.322 e. The van der Waals surface area contributed by atoms with Crippen LogP contribution in [0.25, 0.3) is 11.1 Å². The van der Waals surface area contributed by atoms with Gasteiger partial charge in [0.05, 0.1) is 4.90 Å². The molecule has 0 aromatic heterocycles. The van der Waals surface area contributed by atoms with Crippen LogP contribution in [0.4, 0.5) is 5.69 Å². The first-order chi connectivity index (χ1) is 14.5. The standard InChI is InChI=1S/C24H24N2O3S/c27-24(21-11-9-20(10-12-21)19-7-3-1-4-8-19)25-22-13-15-23(16-14-22)30(28,29)26-17-5-2-6-18-26/h1,3-4,7-16H,2,5-6,17-18H2,(H,25,27). The molecule has 0 saturated carbocycles. The van der Waals surface area contributed by atoms with Gasteiger partial charge in [-0.15, -0.1) is 0 Å². The van der Waals surface area contributed by atoms with Crippen molar-refractivity contribution in [1.82, 2.24) is 4.31 Å². The monoisotopic (exact) mass is 420 g/mol. The van der Waals surface area contributed by atoms with E-state index in [0.29, 0.717) is 24.3 Å². The second kappa shape index (κ2) is 8.81. The van der Waals surface area contributed by atoms with E-state index in [1.807, 2.05) is 42.5 Å².